The molecule has 12 heteroatoms. The SMILES string of the molecule is CCOC(=O)N1CCc2c(sc(NC(=O)c3ccccc3NS(=O)(=O)c3ccccc3)c2-c2nc3ccccc3s2)C1. The maximum absolute atomic E-state index is 13.7. The first kappa shape index (κ1) is 27.9. The van der Waals surface area contributed by atoms with Crippen LogP contribution in [-0.4, -0.2) is 43.5 Å². The number of fused-ring (bicyclic) bond motifs is 2. The molecule has 214 valence electrons. The number of anilines is 2. The summed E-state index contributed by atoms with van der Waals surface area (Å²) < 4.78 is 34.9. The molecule has 3 heterocycles. The molecule has 2 aromatic heterocycles. The number of nitrogens with one attached hydrogen (secondary N) is 2. The van der Waals surface area contributed by atoms with Crippen LogP contribution in [0.2, 0.25) is 0 Å². The number of hydrogen-bond acceptors (Lipinski definition) is 8. The molecule has 1 aliphatic rings. The predicted molar refractivity (Wildman–Crippen MR) is 166 cm³/mol. The molecule has 0 saturated heterocycles. The van der Waals surface area contributed by atoms with Gasteiger partial charge in [0.25, 0.3) is 15.9 Å². The second-order valence-corrected chi connectivity index (χ2v) is 13.3. The topological polar surface area (TPSA) is 118 Å². The van der Waals surface area contributed by atoms with E-state index in [4.69, 9.17) is 9.72 Å². The molecule has 0 aliphatic carbocycles. The number of benzene rings is 3. The minimum Gasteiger partial charge on any atom is -0.450 e. The van der Waals surface area contributed by atoms with Gasteiger partial charge < -0.3 is 15.0 Å². The van der Waals surface area contributed by atoms with Crippen LogP contribution in [0.3, 0.4) is 0 Å². The third-order valence-corrected chi connectivity index (χ3v) is 10.4. The number of thiazole rings is 1. The number of aromatic nitrogens is 1. The van der Waals surface area contributed by atoms with Crippen molar-refractivity contribution in [3.8, 4) is 10.6 Å². The summed E-state index contributed by atoms with van der Waals surface area (Å²) in [6, 6.07) is 22.3. The number of nitrogens with zero attached hydrogens (tertiary/aromatic N) is 2. The zero-order valence-electron chi connectivity index (χ0n) is 22.5. The van der Waals surface area contributed by atoms with Crippen molar-refractivity contribution in [2.45, 2.75) is 24.8 Å². The lowest BCUT2D eigenvalue weighted by Gasteiger charge is -2.26. The van der Waals surface area contributed by atoms with E-state index in [-0.39, 0.29) is 22.2 Å². The fourth-order valence-electron chi connectivity index (χ4n) is 4.81. The number of carbonyl (C=O) groups is 2. The van der Waals surface area contributed by atoms with Crippen LogP contribution in [-0.2, 0) is 27.7 Å². The second kappa shape index (κ2) is 11.6. The van der Waals surface area contributed by atoms with Crippen LogP contribution >= 0.6 is 22.7 Å². The van der Waals surface area contributed by atoms with E-state index in [1.807, 2.05) is 24.3 Å². The molecule has 0 bridgehead atoms. The van der Waals surface area contributed by atoms with Gasteiger partial charge in [0.05, 0.1) is 39.5 Å². The zero-order chi connectivity index (χ0) is 29.3. The molecule has 5 aromatic rings. The summed E-state index contributed by atoms with van der Waals surface area (Å²) in [5.41, 5.74) is 3.06. The summed E-state index contributed by atoms with van der Waals surface area (Å²) >= 11 is 2.93. The number of carbonyl (C=O) groups excluding carboxylic acids is 2. The van der Waals surface area contributed by atoms with E-state index in [0.29, 0.717) is 31.1 Å². The normalized spacial score (nSPS) is 13.0. The Kier molecular flexibility index (Phi) is 7.67. The Morgan fingerprint density at radius 1 is 0.976 bits per heavy atom. The third kappa shape index (κ3) is 5.48. The molecular weight excluding hydrogens is 593 g/mol. The standard InChI is InChI=1S/C30H26N4O5S3/c1-2-39-30(36)34-17-16-21-25(18-34)41-29(26(21)28-31-23-14-8-9-15-24(23)40-28)32-27(35)20-12-6-7-13-22(20)33-42(37,38)19-10-4-3-5-11-19/h3-15,33H,2,16-18H2,1H3,(H,32,35). The van der Waals surface area contributed by atoms with Crippen LogP contribution in [0.4, 0.5) is 15.5 Å². The molecule has 1 aliphatic heterocycles. The van der Waals surface area contributed by atoms with Gasteiger partial charge in [-0.05, 0) is 55.3 Å². The average Bonchev–Trinajstić information content (AvgIpc) is 3.58. The van der Waals surface area contributed by atoms with Crippen LogP contribution in [0.25, 0.3) is 20.8 Å². The number of rotatable bonds is 7. The number of ether oxygens (including phenoxy) is 1. The number of para-hydroxylation sites is 2. The molecular formula is C30H26N4O5S3. The molecule has 9 nitrogen and oxygen atoms in total. The van der Waals surface area contributed by atoms with E-state index >= 15 is 0 Å². The van der Waals surface area contributed by atoms with E-state index in [9.17, 15) is 18.0 Å². The molecule has 2 amide bonds. The largest absolute Gasteiger partial charge is 0.450 e. The van der Waals surface area contributed by atoms with Crippen molar-refractivity contribution < 1.29 is 22.7 Å². The maximum atomic E-state index is 13.7. The quantitative estimate of drug-likeness (QED) is 0.212. The van der Waals surface area contributed by atoms with Crippen LogP contribution in [0.1, 0.15) is 27.7 Å². The number of thiophene rings is 1. The van der Waals surface area contributed by atoms with Gasteiger partial charge >= 0.3 is 6.09 Å². The van der Waals surface area contributed by atoms with Gasteiger partial charge in [-0.1, -0.05) is 42.5 Å². The average molecular weight is 619 g/mol. The Balaban J connectivity index is 1.36. The van der Waals surface area contributed by atoms with Crippen molar-refractivity contribution in [2.75, 3.05) is 23.2 Å². The summed E-state index contributed by atoms with van der Waals surface area (Å²) in [6.07, 6.45) is 0.211. The molecule has 42 heavy (non-hydrogen) atoms. The van der Waals surface area contributed by atoms with Gasteiger partial charge in [-0.2, -0.15) is 0 Å². The van der Waals surface area contributed by atoms with Gasteiger partial charge in [0.15, 0.2) is 0 Å². The van der Waals surface area contributed by atoms with E-state index in [2.05, 4.69) is 10.0 Å². The number of amides is 2. The van der Waals surface area contributed by atoms with Gasteiger partial charge in [-0.15, -0.1) is 22.7 Å². The van der Waals surface area contributed by atoms with Crippen molar-refractivity contribution >= 4 is 65.6 Å². The van der Waals surface area contributed by atoms with Crippen molar-refractivity contribution in [3.05, 3.63) is 94.9 Å². The number of sulfonamides is 1. The monoisotopic (exact) mass is 618 g/mol. The molecule has 0 radical (unpaired) electrons. The summed E-state index contributed by atoms with van der Waals surface area (Å²) in [4.78, 5) is 33.8. The first-order valence-corrected chi connectivity index (χ1v) is 16.4. The molecule has 0 unspecified atom stereocenters. The Morgan fingerprint density at radius 3 is 2.50 bits per heavy atom. The maximum Gasteiger partial charge on any atom is 0.410 e. The van der Waals surface area contributed by atoms with Gasteiger partial charge in [0.2, 0.25) is 0 Å². The summed E-state index contributed by atoms with van der Waals surface area (Å²) in [5, 5.41) is 4.40. The molecule has 6 rings (SSSR count). The first-order chi connectivity index (χ1) is 20.3. The van der Waals surface area contributed by atoms with Crippen molar-refractivity contribution in [1.29, 1.82) is 0 Å². The molecule has 0 saturated carbocycles. The molecule has 0 spiro atoms. The first-order valence-electron chi connectivity index (χ1n) is 13.2. The predicted octanol–water partition coefficient (Wildman–Crippen LogP) is 6.59. The fraction of sp³-hybridized carbons (Fsp3) is 0.167. The lowest BCUT2D eigenvalue weighted by atomic mass is 10.0. The minimum absolute atomic E-state index is 0.0930. The van der Waals surface area contributed by atoms with E-state index in [1.54, 1.807) is 54.3 Å². The Hall–Kier alpha value is -4.26. The van der Waals surface area contributed by atoms with Gasteiger partial charge in [0.1, 0.15) is 10.0 Å². The summed E-state index contributed by atoms with van der Waals surface area (Å²) in [5.74, 6) is -0.468. The Bertz CT molecular complexity index is 1870. The van der Waals surface area contributed by atoms with Crippen LogP contribution in [0.5, 0.6) is 0 Å². The number of hydrogen-bond donors (Lipinski definition) is 2. The van der Waals surface area contributed by atoms with Crippen LogP contribution in [0, 0.1) is 0 Å². The van der Waals surface area contributed by atoms with Crippen molar-refractivity contribution in [1.82, 2.24) is 9.88 Å². The summed E-state index contributed by atoms with van der Waals surface area (Å²) in [7, 11) is -3.91. The fourth-order valence-corrected chi connectivity index (χ4v) is 8.28. The Morgan fingerprint density at radius 2 is 1.71 bits per heavy atom. The molecule has 0 atom stereocenters. The lowest BCUT2D eigenvalue weighted by Crippen LogP contribution is -2.35. The molecule has 3 aromatic carbocycles. The minimum atomic E-state index is -3.91. The lowest BCUT2D eigenvalue weighted by molar-refractivity contribution is 0.102. The zero-order valence-corrected chi connectivity index (χ0v) is 24.9. The highest BCUT2D eigenvalue weighted by atomic mass is 32.2. The van der Waals surface area contributed by atoms with Crippen LogP contribution < -0.4 is 10.0 Å². The van der Waals surface area contributed by atoms with E-state index in [0.717, 1.165) is 31.2 Å². The van der Waals surface area contributed by atoms with Gasteiger partial charge in [-0.25, -0.2) is 18.2 Å². The molecule has 0 fully saturated rings. The third-order valence-electron chi connectivity index (χ3n) is 6.79. The van der Waals surface area contributed by atoms with E-state index in [1.165, 1.54) is 34.8 Å². The van der Waals surface area contributed by atoms with Gasteiger partial charge in [-0.3, -0.25) is 9.52 Å². The smallest absolute Gasteiger partial charge is 0.410 e. The Labute approximate surface area is 250 Å². The second-order valence-electron chi connectivity index (χ2n) is 9.48. The van der Waals surface area contributed by atoms with Crippen molar-refractivity contribution in [2.24, 2.45) is 0 Å². The van der Waals surface area contributed by atoms with Gasteiger partial charge in [0, 0.05) is 17.0 Å². The highest BCUT2D eigenvalue weighted by molar-refractivity contribution is 7.92. The highest BCUT2D eigenvalue weighted by Crippen LogP contribution is 2.46. The molecule has 2 N–H and O–H groups in total. The van der Waals surface area contributed by atoms with Crippen LogP contribution in [0.15, 0.2) is 83.8 Å². The summed E-state index contributed by atoms with van der Waals surface area (Å²) in [6.45, 7) is 2.91. The van der Waals surface area contributed by atoms with Crippen molar-refractivity contribution in [3.63, 3.8) is 0 Å². The van der Waals surface area contributed by atoms with E-state index < -0.39 is 15.9 Å². The highest BCUT2D eigenvalue weighted by Gasteiger charge is 2.30.